The lowest BCUT2D eigenvalue weighted by Gasteiger charge is -2.59. The number of anilines is 2. The van der Waals surface area contributed by atoms with Crippen LogP contribution in [0.3, 0.4) is 0 Å². The minimum atomic E-state index is -4.72. The van der Waals surface area contributed by atoms with Gasteiger partial charge < -0.3 is 34.7 Å². The van der Waals surface area contributed by atoms with Gasteiger partial charge in [-0.05, 0) is 112 Å². The van der Waals surface area contributed by atoms with Crippen LogP contribution in [0, 0.1) is 27.3 Å². The molecule has 4 aliphatic heterocycles. The van der Waals surface area contributed by atoms with Crippen LogP contribution >= 0.6 is 0 Å². The highest BCUT2D eigenvalue weighted by Gasteiger charge is 2.49. The summed E-state index contributed by atoms with van der Waals surface area (Å²) in [6.45, 7) is 12.2. The van der Waals surface area contributed by atoms with Crippen molar-refractivity contribution in [1.82, 2.24) is 24.5 Å². The number of hydrogen-bond acceptors (Lipinski definition) is 13. The molecule has 3 aromatic carbocycles. The number of fused-ring (bicyclic) bond motifs is 2. The normalized spacial score (nSPS) is 25.1. The van der Waals surface area contributed by atoms with Gasteiger partial charge in [-0.15, -0.1) is 0 Å². The van der Waals surface area contributed by atoms with Crippen molar-refractivity contribution in [3.05, 3.63) is 106 Å². The van der Waals surface area contributed by atoms with Gasteiger partial charge in [0.15, 0.2) is 11.4 Å². The number of amides is 1. The molecular weight excluding hydrogens is 904 g/mol. The first-order valence-corrected chi connectivity index (χ1v) is 25.7. The third kappa shape index (κ3) is 9.35. The number of sulfonamides is 1. The van der Waals surface area contributed by atoms with Gasteiger partial charge in [0.05, 0.1) is 38.6 Å². The van der Waals surface area contributed by atoms with Crippen molar-refractivity contribution in [2.75, 3.05) is 63.1 Å². The number of carbonyl (C=O) groups excluding carboxylic acids is 1. The summed E-state index contributed by atoms with van der Waals surface area (Å²) in [6, 6.07) is 17.6. The maximum Gasteiger partial charge on any atom is 0.297 e. The van der Waals surface area contributed by atoms with E-state index in [-0.39, 0.29) is 57.9 Å². The second-order valence-corrected chi connectivity index (χ2v) is 22.5. The van der Waals surface area contributed by atoms with Crippen LogP contribution in [0.2, 0.25) is 0 Å². The Kier molecular flexibility index (Phi) is 12.3. The molecule has 0 unspecified atom stereocenters. The summed E-state index contributed by atoms with van der Waals surface area (Å²) in [5, 5.41) is 26.3. The van der Waals surface area contributed by atoms with E-state index in [1.807, 2.05) is 0 Å². The second-order valence-electron chi connectivity index (χ2n) is 20.8. The van der Waals surface area contributed by atoms with E-state index in [2.05, 4.69) is 79.9 Å². The highest BCUT2D eigenvalue weighted by molar-refractivity contribution is 7.90. The number of halogens is 1. The largest absolute Gasteiger partial charge is 0.489 e. The summed E-state index contributed by atoms with van der Waals surface area (Å²) in [5.74, 6) is -0.489. The third-order valence-electron chi connectivity index (χ3n) is 15.6. The van der Waals surface area contributed by atoms with Crippen molar-refractivity contribution in [2.45, 2.75) is 100 Å². The Bertz CT molecular complexity index is 2880. The number of ether oxygens (including phenoxy) is 2. The Hall–Kier alpha value is -5.82. The molecule has 1 saturated carbocycles. The molecule has 1 spiro atoms. The number of H-pyrrole nitrogens is 1. The molecule has 1 amide bonds. The smallest absolute Gasteiger partial charge is 0.297 e. The minimum Gasteiger partial charge on any atom is -0.489 e. The van der Waals surface area contributed by atoms with Gasteiger partial charge in [-0.1, -0.05) is 38.1 Å². The molecule has 3 saturated heterocycles. The maximum atomic E-state index is 14.7. The number of nitrogens with one attached hydrogen (secondary N) is 3. The van der Waals surface area contributed by atoms with Gasteiger partial charge >= 0.3 is 0 Å². The quantitative estimate of drug-likeness (QED) is 0.0732. The van der Waals surface area contributed by atoms with Gasteiger partial charge in [-0.2, -0.15) is 0 Å². The number of aromatic nitrogens is 2. The molecule has 0 radical (unpaired) electrons. The zero-order valence-corrected chi connectivity index (χ0v) is 40.4. The van der Waals surface area contributed by atoms with E-state index in [1.54, 1.807) is 19.1 Å². The summed E-state index contributed by atoms with van der Waals surface area (Å²) in [6.07, 6.45) is 8.21. The van der Waals surface area contributed by atoms with Crippen LogP contribution in [0.25, 0.3) is 11.0 Å². The van der Waals surface area contributed by atoms with E-state index in [1.165, 1.54) is 41.7 Å². The van der Waals surface area contributed by atoms with Crippen molar-refractivity contribution >= 4 is 44.0 Å². The van der Waals surface area contributed by atoms with Crippen LogP contribution in [0.4, 0.5) is 21.5 Å². The molecular formula is C51H61FN8O8S. The predicted molar refractivity (Wildman–Crippen MR) is 260 cm³/mol. The fourth-order valence-corrected chi connectivity index (χ4v) is 12.6. The fraction of sp³-hybridized carbons (Fsp3) is 0.490. The van der Waals surface area contributed by atoms with Gasteiger partial charge in [-0.3, -0.25) is 19.8 Å². The van der Waals surface area contributed by atoms with Crippen molar-refractivity contribution in [2.24, 2.45) is 11.3 Å². The number of nitro benzene ring substituents is 1. The van der Waals surface area contributed by atoms with E-state index in [0.717, 1.165) is 70.3 Å². The number of carbonyl (C=O) groups is 1. The van der Waals surface area contributed by atoms with Gasteiger partial charge in [0.25, 0.3) is 21.6 Å². The maximum absolute atomic E-state index is 14.7. The van der Waals surface area contributed by atoms with Crippen molar-refractivity contribution in [3.63, 3.8) is 0 Å². The van der Waals surface area contributed by atoms with E-state index in [4.69, 9.17) is 9.47 Å². The zero-order valence-electron chi connectivity index (χ0n) is 39.5. The molecule has 18 heteroatoms. The predicted octanol–water partition coefficient (Wildman–Crippen LogP) is 8.15. The number of nitro groups is 1. The molecule has 366 valence electrons. The zero-order chi connectivity index (χ0) is 48.4. The molecule has 5 aromatic rings. The minimum absolute atomic E-state index is 0.0154. The lowest BCUT2D eigenvalue weighted by Crippen LogP contribution is -2.65. The number of pyridine rings is 1. The van der Waals surface area contributed by atoms with Gasteiger partial charge in [0.2, 0.25) is 0 Å². The van der Waals surface area contributed by atoms with Gasteiger partial charge in [0.1, 0.15) is 29.6 Å². The Morgan fingerprint density at radius 2 is 1.80 bits per heavy atom. The Balaban J connectivity index is 0.865. The standard InChI is InChI=1S/C51H61FN8O8S/c1-31(2)36-7-5-6-8-37(36)40-27-57(4)18-13-43(40)59-29-51(30-59)16-19-58(20-17-51)33-9-10-38(45(21-33)68-34-22-39-41(52)26-54-48(39)53-25-34)49(61)56-69(65,66)35-23-44(60(63)64)47-46(24-35)67-28-42(55-47)32-11-14-50(3,62)15-12-32/h5-10,21-26,31-32,40,42-43,55,62H,11-20,27-30H2,1-4H3,(H,53,54)(H,56,61)/t32-,40-,42+,43-,50-/m0/s1. The molecule has 3 atom stereocenters. The van der Waals surface area contributed by atoms with E-state index >= 15 is 0 Å². The van der Waals surface area contributed by atoms with Crippen LogP contribution in [0.5, 0.6) is 17.2 Å². The first-order chi connectivity index (χ1) is 32.9. The first kappa shape index (κ1) is 46.9. The average molecular weight is 965 g/mol. The number of likely N-dealkylation sites (tertiary alicyclic amines) is 2. The number of nitrogens with zero attached hydrogens (tertiary/aromatic N) is 5. The molecule has 0 bridgehead atoms. The molecule has 16 nitrogen and oxygen atoms in total. The lowest BCUT2D eigenvalue weighted by molar-refractivity contribution is -0.384. The van der Waals surface area contributed by atoms with Gasteiger partial charge in [-0.25, -0.2) is 22.5 Å². The third-order valence-corrected chi connectivity index (χ3v) is 16.9. The summed E-state index contributed by atoms with van der Waals surface area (Å²) in [7, 11) is -2.49. The molecule has 2 aromatic heterocycles. The molecule has 5 aliphatic rings. The molecule has 6 heterocycles. The summed E-state index contributed by atoms with van der Waals surface area (Å²) in [5.41, 5.74) is 2.82. The number of aromatic amines is 1. The molecule has 1 aliphatic carbocycles. The number of aliphatic hydroxyl groups is 1. The van der Waals surface area contributed by atoms with Crippen molar-refractivity contribution in [3.8, 4) is 17.2 Å². The number of benzene rings is 3. The molecule has 4 N–H and O–H groups in total. The average Bonchev–Trinajstić information content (AvgIpc) is 3.69. The molecule has 4 fully saturated rings. The number of hydrogen-bond donors (Lipinski definition) is 4. The summed E-state index contributed by atoms with van der Waals surface area (Å²) < 4.78 is 57.0. The van der Waals surface area contributed by atoms with Crippen LogP contribution in [0.15, 0.2) is 78.0 Å². The number of piperidine rings is 2. The number of likely N-dealkylation sites (N-methyl/N-ethyl adjacent to an activating group) is 1. The second kappa shape index (κ2) is 18.2. The van der Waals surface area contributed by atoms with Crippen molar-refractivity contribution in [1.29, 1.82) is 0 Å². The Labute approximate surface area is 401 Å². The van der Waals surface area contributed by atoms with Gasteiger partial charge in [0, 0.05) is 74.8 Å². The van der Waals surface area contributed by atoms with E-state index in [9.17, 15) is 32.8 Å². The summed E-state index contributed by atoms with van der Waals surface area (Å²) in [4.78, 5) is 39.8. The SMILES string of the molecule is CC(C)c1ccccc1[C@@H]1CN(C)CC[C@@H]1N1CC2(CCN(c3ccc(C(=O)NS(=O)(=O)c4cc5c(c([N+](=O)[O-])c4)N[C@@H]([C@H]4CC[C@](C)(O)CC4)CO5)c(Oc4cnc5[nH]cc(F)c5c4)c3)CC2)C1. The van der Waals surface area contributed by atoms with Crippen LogP contribution in [-0.2, 0) is 10.0 Å². The highest BCUT2D eigenvalue weighted by Crippen LogP contribution is 2.47. The van der Waals surface area contributed by atoms with Crippen LogP contribution < -0.4 is 24.4 Å². The van der Waals surface area contributed by atoms with E-state index < -0.39 is 42.9 Å². The van der Waals surface area contributed by atoms with Crippen LogP contribution in [0.1, 0.15) is 99.0 Å². The lowest BCUT2D eigenvalue weighted by atomic mass is 9.69. The fourth-order valence-electron chi connectivity index (χ4n) is 11.6. The van der Waals surface area contributed by atoms with Crippen LogP contribution in [-0.4, -0.2) is 115 Å². The summed E-state index contributed by atoms with van der Waals surface area (Å²) >= 11 is 0. The Morgan fingerprint density at radius 1 is 1.04 bits per heavy atom. The van der Waals surface area contributed by atoms with E-state index in [0.29, 0.717) is 49.2 Å². The monoisotopic (exact) mass is 964 g/mol. The first-order valence-electron chi connectivity index (χ1n) is 24.2. The highest BCUT2D eigenvalue weighted by atomic mass is 32.2. The Morgan fingerprint density at radius 3 is 2.54 bits per heavy atom. The molecule has 69 heavy (non-hydrogen) atoms. The molecule has 10 rings (SSSR count). The number of rotatable bonds is 11. The topological polar surface area (TPSA) is 195 Å². The van der Waals surface area contributed by atoms with Crippen molar-refractivity contribution < 1.29 is 37.1 Å².